The molecule has 0 atom stereocenters. The smallest absolute Gasteiger partial charge is 0.206 e. The number of sulfone groups is 1. The molecule has 0 aliphatic carbocycles. The molecule has 108 valence electrons. The lowest BCUT2D eigenvalue weighted by Gasteiger charge is -2.07. The van der Waals surface area contributed by atoms with Crippen molar-refractivity contribution in [2.75, 3.05) is 12.3 Å². The summed E-state index contributed by atoms with van der Waals surface area (Å²) >= 11 is 0. The number of halogens is 1. The summed E-state index contributed by atoms with van der Waals surface area (Å²) < 4.78 is 43.0. The van der Waals surface area contributed by atoms with E-state index in [1.165, 1.54) is 30.3 Å². The summed E-state index contributed by atoms with van der Waals surface area (Å²) in [5, 5.41) is 0. The summed E-state index contributed by atoms with van der Waals surface area (Å²) in [5.41, 5.74) is 6.69. The van der Waals surface area contributed by atoms with Crippen molar-refractivity contribution in [3.63, 3.8) is 0 Å². The lowest BCUT2D eigenvalue weighted by Crippen LogP contribution is -2.09. The Morgan fingerprint density at radius 2 is 1.95 bits per heavy atom. The Kier molecular flexibility index (Phi) is 3.17. The van der Waals surface area contributed by atoms with Gasteiger partial charge in [-0.2, -0.15) is 0 Å². The fourth-order valence-corrected chi connectivity index (χ4v) is 3.60. The molecule has 0 amide bonds. The van der Waals surface area contributed by atoms with Crippen LogP contribution in [0.1, 0.15) is 5.56 Å². The highest BCUT2D eigenvalue weighted by atomic mass is 32.2. The lowest BCUT2D eigenvalue weighted by molar-refractivity contribution is 0.357. The number of fused-ring (bicyclic) bond motifs is 1. The molecule has 0 radical (unpaired) electrons. The maximum Gasteiger partial charge on any atom is 0.206 e. The fraction of sp³-hybridized carbons (Fsp3) is 0.0667. The Labute approximate surface area is 121 Å². The minimum absolute atomic E-state index is 0.132. The predicted octanol–water partition coefficient (Wildman–Crippen LogP) is 2.62. The van der Waals surface area contributed by atoms with Crippen molar-refractivity contribution in [2.24, 2.45) is 0 Å². The number of nitrogen functional groups attached to an aromatic ring is 1. The SMILES string of the molecule is Nc1ccc2c(c1)C=C(COc1cccc(F)c1)S2(=O)=O. The second-order valence-electron chi connectivity index (χ2n) is 4.66. The van der Waals surface area contributed by atoms with Crippen molar-refractivity contribution in [3.05, 3.63) is 58.8 Å². The van der Waals surface area contributed by atoms with Crippen molar-refractivity contribution >= 4 is 21.6 Å². The molecule has 2 aromatic carbocycles. The molecular weight excluding hydrogens is 293 g/mol. The highest BCUT2D eigenvalue weighted by molar-refractivity contribution is 7.95. The van der Waals surface area contributed by atoms with Crippen molar-refractivity contribution in [3.8, 4) is 5.75 Å². The maximum absolute atomic E-state index is 13.1. The van der Waals surface area contributed by atoms with Gasteiger partial charge in [-0.05, 0) is 42.0 Å². The van der Waals surface area contributed by atoms with E-state index in [-0.39, 0.29) is 22.2 Å². The van der Waals surface area contributed by atoms with Gasteiger partial charge in [0.1, 0.15) is 18.2 Å². The van der Waals surface area contributed by atoms with Crippen LogP contribution < -0.4 is 10.5 Å². The third-order valence-electron chi connectivity index (χ3n) is 3.16. The molecule has 21 heavy (non-hydrogen) atoms. The molecule has 6 heteroatoms. The fourth-order valence-electron chi connectivity index (χ4n) is 2.15. The van der Waals surface area contributed by atoms with E-state index in [1.54, 1.807) is 18.2 Å². The van der Waals surface area contributed by atoms with Crippen LogP contribution in [0.2, 0.25) is 0 Å². The van der Waals surface area contributed by atoms with Crippen LogP contribution >= 0.6 is 0 Å². The van der Waals surface area contributed by atoms with Gasteiger partial charge < -0.3 is 10.5 Å². The molecular formula is C15H12FNO3S. The van der Waals surface area contributed by atoms with Crippen LogP contribution in [0, 0.1) is 5.82 Å². The predicted molar refractivity (Wildman–Crippen MR) is 77.9 cm³/mol. The van der Waals surface area contributed by atoms with Gasteiger partial charge in [-0.25, -0.2) is 12.8 Å². The highest BCUT2D eigenvalue weighted by Gasteiger charge is 2.29. The quantitative estimate of drug-likeness (QED) is 0.885. The van der Waals surface area contributed by atoms with Crippen LogP contribution in [0.4, 0.5) is 10.1 Å². The van der Waals surface area contributed by atoms with Gasteiger partial charge in [0.15, 0.2) is 0 Å². The van der Waals surface area contributed by atoms with Crippen LogP contribution in [-0.2, 0) is 9.84 Å². The van der Waals surface area contributed by atoms with Crippen molar-refractivity contribution < 1.29 is 17.5 Å². The van der Waals surface area contributed by atoms with Crippen LogP contribution in [0.25, 0.3) is 6.08 Å². The molecule has 3 rings (SSSR count). The molecule has 4 nitrogen and oxygen atoms in total. The largest absolute Gasteiger partial charge is 0.488 e. The summed E-state index contributed by atoms with van der Waals surface area (Å²) in [6, 6.07) is 10.2. The zero-order valence-electron chi connectivity index (χ0n) is 10.9. The molecule has 2 N–H and O–H groups in total. The van der Waals surface area contributed by atoms with Crippen LogP contribution in [0.5, 0.6) is 5.75 Å². The number of rotatable bonds is 3. The van der Waals surface area contributed by atoms with Gasteiger partial charge in [-0.1, -0.05) is 6.07 Å². The van der Waals surface area contributed by atoms with Crippen molar-refractivity contribution in [1.82, 2.24) is 0 Å². The van der Waals surface area contributed by atoms with Crippen molar-refractivity contribution in [2.45, 2.75) is 4.90 Å². The monoisotopic (exact) mass is 305 g/mol. The second kappa shape index (κ2) is 4.89. The van der Waals surface area contributed by atoms with Gasteiger partial charge in [0, 0.05) is 11.8 Å². The normalized spacial score (nSPS) is 15.4. The van der Waals surface area contributed by atoms with E-state index in [0.717, 1.165) is 0 Å². The Bertz CT molecular complexity index is 844. The molecule has 1 aliphatic heterocycles. The van der Waals surface area contributed by atoms with E-state index in [9.17, 15) is 12.8 Å². The molecule has 0 saturated heterocycles. The van der Waals surface area contributed by atoms with E-state index in [2.05, 4.69) is 0 Å². The van der Waals surface area contributed by atoms with Gasteiger partial charge in [0.05, 0.1) is 9.80 Å². The van der Waals surface area contributed by atoms with Gasteiger partial charge in [0.2, 0.25) is 9.84 Å². The van der Waals surface area contributed by atoms with Gasteiger partial charge in [-0.15, -0.1) is 0 Å². The van der Waals surface area contributed by atoms with E-state index >= 15 is 0 Å². The standard InChI is InChI=1S/C15H12FNO3S/c16-11-2-1-3-13(8-11)20-9-14-7-10-6-12(17)4-5-15(10)21(14,18)19/h1-8H,9,17H2. The van der Waals surface area contributed by atoms with Gasteiger partial charge in [0.25, 0.3) is 0 Å². The molecule has 0 saturated carbocycles. The zero-order chi connectivity index (χ0) is 15.0. The first kappa shape index (κ1) is 13.6. The van der Waals surface area contributed by atoms with E-state index in [1.807, 2.05) is 0 Å². The Morgan fingerprint density at radius 3 is 2.71 bits per heavy atom. The average molecular weight is 305 g/mol. The third-order valence-corrected chi connectivity index (χ3v) is 5.04. The minimum Gasteiger partial charge on any atom is -0.488 e. The Hall–Kier alpha value is -2.34. The van der Waals surface area contributed by atoms with Gasteiger partial charge >= 0.3 is 0 Å². The molecule has 1 heterocycles. The highest BCUT2D eigenvalue weighted by Crippen LogP contribution is 2.34. The summed E-state index contributed by atoms with van der Waals surface area (Å²) in [6.45, 7) is -0.152. The number of hydrogen-bond donors (Lipinski definition) is 1. The number of hydrogen-bond acceptors (Lipinski definition) is 4. The molecule has 0 bridgehead atoms. The molecule has 0 fully saturated rings. The number of anilines is 1. The maximum atomic E-state index is 13.1. The molecule has 0 spiro atoms. The Balaban J connectivity index is 1.86. The number of nitrogens with two attached hydrogens (primary N) is 1. The van der Waals surface area contributed by atoms with E-state index < -0.39 is 15.7 Å². The van der Waals surface area contributed by atoms with E-state index in [0.29, 0.717) is 11.3 Å². The second-order valence-corrected chi connectivity index (χ2v) is 6.63. The molecule has 0 unspecified atom stereocenters. The first-order valence-corrected chi connectivity index (χ1v) is 7.69. The van der Waals surface area contributed by atoms with Gasteiger partial charge in [-0.3, -0.25) is 0 Å². The minimum atomic E-state index is -3.56. The summed E-state index contributed by atoms with van der Waals surface area (Å²) in [5.74, 6) is -0.159. The summed E-state index contributed by atoms with van der Waals surface area (Å²) in [4.78, 5) is 0.349. The number of benzene rings is 2. The van der Waals surface area contributed by atoms with Crippen LogP contribution in [0.15, 0.2) is 52.3 Å². The van der Waals surface area contributed by atoms with Crippen molar-refractivity contribution in [1.29, 1.82) is 0 Å². The Morgan fingerprint density at radius 1 is 1.14 bits per heavy atom. The average Bonchev–Trinajstić information content (AvgIpc) is 2.67. The lowest BCUT2D eigenvalue weighted by atomic mass is 10.2. The number of ether oxygens (including phenoxy) is 1. The van der Waals surface area contributed by atoms with Crippen LogP contribution in [0.3, 0.4) is 0 Å². The van der Waals surface area contributed by atoms with E-state index in [4.69, 9.17) is 10.5 Å². The molecule has 1 aliphatic rings. The van der Waals surface area contributed by atoms with Crippen LogP contribution in [-0.4, -0.2) is 15.0 Å². The molecule has 0 aromatic heterocycles. The zero-order valence-corrected chi connectivity index (χ0v) is 11.7. The molecule has 2 aromatic rings. The summed E-state index contributed by atoms with van der Waals surface area (Å²) in [6.07, 6.45) is 1.53. The topological polar surface area (TPSA) is 69.4 Å². The first-order chi connectivity index (χ1) is 9.96. The first-order valence-electron chi connectivity index (χ1n) is 6.20. The summed E-state index contributed by atoms with van der Waals surface area (Å²) in [7, 11) is -3.56. The third kappa shape index (κ3) is 2.50.